The first-order valence-electron chi connectivity index (χ1n) is 9.71. The molecule has 2 aliphatic rings. The normalized spacial score (nSPS) is 26.5. The van der Waals surface area contributed by atoms with E-state index in [0.29, 0.717) is 0 Å². The number of hydrogen-bond donors (Lipinski definition) is 6. The Labute approximate surface area is 147 Å². The largest absolute Gasteiger partial charge is 0.314 e. The van der Waals surface area contributed by atoms with E-state index in [0.717, 1.165) is 105 Å². The molecule has 6 N–H and O–H groups in total. The molecule has 0 saturated carbocycles. The number of rotatable bonds is 1. The molecule has 24 heavy (non-hydrogen) atoms. The average Bonchev–Trinajstić information content (AvgIpc) is 2.56. The first kappa shape index (κ1) is 20.0. The second-order valence-electron chi connectivity index (χ2n) is 6.41. The molecule has 0 aromatic rings. The van der Waals surface area contributed by atoms with Gasteiger partial charge in [-0.05, 0) is 0 Å². The van der Waals surface area contributed by atoms with Gasteiger partial charge in [0.15, 0.2) is 0 Å². The fourth-order valence-electron chi connectivity index (χ4n) is 3.08. The summed E-state index contributed by atoms with van der Waals surface area (Å²) in [5.41, 5.74) is 0. The van der Waals surface area contributed by atoms with E-state index in [-0.39, 0.29) is 0 Å². The molecule has 0 unspecified atom stereocenters. The van der Waals surface area contributed by atoms with E-state index in [9.17, 15) is 0 Å². The summed E-state index contributed by atoms with van der Waals surface area (Å²) in [6.07, 6.45) is 0. The van der Waals surface area contributed by atoms with Crippen molar-refractivity contribution in [3.63, 3.8) is 0 Å². The molecule has 0 atom stereocenters. The van der Waals surface area contributed by atoms with Crippen LogP contribution >= 0.6 is 0 Å². The summed E-state index contributed by atoms with van der Waals surface area (Å²) in [7, 11) is 0. The van der Waals surface area contributed by atoms with Gasteiger partial charge < -0.3 is 31.9 Å². The Morgan fingerprint density at radius 3 is 0.750 bits per heavy atom. The minimum absolute atomic E-state index is 1.04. The summed E-state index contributed by atoms with van der Waals surface area (Å²) in [4.78, 5) is 0. The highest BCUT2D eigenvalue weighted by atomic mass is 15.6. The molecule has 0 amide bonds. The lowest BCUT2D eigenvalue weighted by molar-refractivity contribution is -0.0213. The van der Waals surface area contributed by atoms with Crippen LogP contribution in [0.25, 0.3) is 0 Å². The van der Waals surface area contributed by atoms with Crippen molar-refractivity contribution < 1.29 is 0 Å². The van der Waals surface area contributed by atoms with Gasteiger partial charge in [-0.25, -0.2) is 10.0 Å². The topological polar surface area (TPSA) is 78.7 Å². The number of hydrogen-bond acceptors (Lipinski definition) is 8. The van der Waals surface area contributed by atoms with E-state index in [1.165, 1.54) is 0 Å². The maximum atomic E-state index is 3.55. The first-order chi connectivity index (χ1) is 12.0. The first-order valence-corrected chi connectivity index (χ1v) is 9.71. The Bertz CT molecular complexity index is 239. The van der Waals surface area contributed by atoms with E-state index in [2.05, 4.69) is 41.9 Å². The second-order valence-corrected chi connectivity index (χ2v) is 6.41. The molecule has 2 heterocycles. The number of hydrazine groups is 1. The summed E-state index contributed by atoms with van der Waals surface area (Å²) in [5.74, 6) is 0. The van der Waals surface area contributed by atoms with Crippen LogP contribution in [0.5, 0.6) is 0 Å². The molecule has 0 bridgehead atoms. The highest BCUT2D eigenvalue weighted by molar-refractivity contribution is 4.68. The van der Waals surface area contributed by atoms with Gasteiger partial charge in [0, 0.05) is 105 Å². The maximum Gasteiger partial charge on any atom is 0.0259 e. The third-order valence-electron chi connectivity index (χ3n) is 4.50. The van der Waals surface area contributed by atoms with Crippen LogP contribution in [0.4, 0.5) is 0 Å². The van der Waals surface area contributed by atoms with Crippen LogP contribution < -0.4 is 31.9 Å². The quantitative estimate of drug-likeness (QED) is 0.302. The lowest BCUT2D eigenvalue weighted by Crippen LogP contribution is -2.53. The van der Waals surface area contributed by atoms with Crippen LogP contribution in [0.15, 0.2) is 0 Å². The van der Waals surface area contributed by atoms with Crippen LogP contribution in [0, 0.1) is 0 Å². The fourth-order valence-corrected chi connectivity index (χ4v) is 3.08. The van der Waals surface area contributed by atoms with Crippen molar-refractivity contribution >= 4 is 0 Å². The van der Waals surface area contributed by atoms with Crippen molar-refractivity contribution in [3.05, 3.63) is 0 Å². The van der Waals surface area contributed by atoms with Crippen molar-refractivity contribution in [1.29, 1.82) is 0 Å². The third kappa shape index (κ3) is 9.24. The standard InChI is InChI=1S/C16H38N8/c1-5-19-9-13-23(14-10-20-6-2-17-1)24-15-11-21-7-3-18-4-8-22-12-16-24/h17-22H,1-16H2. The molecule has 0 aromatic heterocycles. The lowest BCUT2D eigenvalue weighted by Gasteiger charge is -2.36. The van der Waals surface area contributed by atoms with E-state index in [1.54, 1.807) is 0 Å². The average molecular weight is 343 g/mol. The van der Waals surface area contributed by atoms with Crippen LogP contribution in [0.1, 0.15) is 0 Å². The van der Waals surface area contributed by atoms with Crippen LogP contribution in [-0.2, 0) is 0 Å². The summed E-state index contributed by atoms with van der Waals surface area (Å²) in [6.45, 7) is 16.8. The molecule has 0 radical (unpaired) electrons. The molecule has 0 aliphatic carbocycles. The molecule has 2 aliphatic heterocycles. The molecular formula is C16H38N8. The van der Waals surface area contributed by atoms with Gasteiger partial charge in [0.25, 0.3) is 0 Å². The maximum absolute atomic E-state index is 3.55. The van der Waals surface area contributed by atoms with Gasteiger partial charge in [-0.2, -0.15) is 0 Å². The zero-order valence-corrected chi connectivity index (χ0v) is 15.2. The molecule has 0 aromatic carbocycles. The van der Waals surface area contributed by atoms with Gasteiger partial charge in [0.1, 0.15) is 0 Å². The molecule has 2 saturated heterocycles. The van der Waals surface area contributed by atoms with E-state index in [4.69, 9.17) is 0 Å². The van der Waals surface area contributed by atoms with Crippen molar-refractivity contribution in [3.8, 4) is 0 Å². The zero-order valence-electron chi connectivity index (χ0n) is 15.2. The number of nitrogens with zero attached hydrogens (tertiary/aromatic N) is 2. The minimum atomic E-state index is 1.04. The fraction of sp³-hybridized carbons (Fsp3) is 1.00. The molecule has 8 nitrogen and oxygen atoms in total. The van der Waals surface area contributed by atoms with Crippen molar-refractivity contribution in [1.82, 2.24) is 41.9 Å². The minimum Gasteiger partial charge on any atom is -0.314 e. The van der Waals surface area contributed by atoms with E-state index < -0.39 is 0 Å². The summed E-state index contributed by atoms with van der Waals surface area (Å²) >= 11 is 0. The lowest BCUT2D eigenvalue weighted by atomic mass is 10.4. The molecule has 142 valence electrons. The van der Waals surface area contributed by atoms with Crippen LogP contribution in [-0.4, -0.2) is 115 Å². The Morgan fingerprint density at radius 2 is 0.500 bits per heavy atom. The monoisotopic (exact) mass is 342 g/mol. The zero-order chi connectivity index (χ0) is 16.7. The van der Waals surface area contributed by atoms with E-state index in [1.807, 2.05) is 0 Å². The van der Waals surface area contributed by atoms with Gasteiger partial charge >= 0.3 is 0 Å². The smallest absolute Gasteiger partial charge is 0.0259 e. The second kappa shape index (κ2) is 13.9. The van der Waals surface area contributed by atoms with Crippen molar-refractivity contribution in [2.24, 2.45) is 0 Å². The summed E-state index contributed by atoms with van der Waals surface area (Å²) in [5, 5.41) is 26.2. The van der Waals surface area contributed by atoms with Crippen molar-refractivity contribution in [2.45, 2.75) is 0 Å². The molecule has 2 rings (SSSR count). The Kier molecular flexibility index (Phi) is 11.6. The molecule has 8 heteroatoms. The Balaban J connectivity index is 1.82. The van der Waals surface area contributed by atoms with Crippen molar-refractivity contribution in [2.75, 3.05) is 105 Å². The van der Waals surface area contributed by atoms with Gasteiger partial charge in [-0.15, -0.1) is 0 Å². The van der Waals surface area contributed by atoms with Gasteiger partial charge in [0.05, 0.1) is 0 Å². The van der Waals surface area contributed by atoms with Crippen LogP contribution in [0.3, 0.4) is 0 Å². The summed E-state index contributed by atoms with van der Waals surface area (Å²) < 4.78 is 0. The van der Waals surface area contributed by atoms with E-state index >= 15 is 0 Å². The SMILES string of the molecule is C1CNCCN(N2CCNCCNCCNCC2)CCNCCN1. The molecular weight excluding hydrogens is 304 g/mol. The number of nitrogens with one attached hydrogen (secondary N) is 6. The Morgan fingerprint density at radius 1 is 0.292 bits per heavy atom. The van der Waals surface area contributed by atoms with Gasteiger partial charge in [-0.3, -0.25) is 0 Å². The molecule has 2 fully saturated rings. The van der Waals surface area contributed by atoms with Crippen LogP contribution in [0.2, 0.25) is 0 Å². The highest BCUT2D eigenvalue weighted by Crippen LogP contribution is 1.97. The predicted molar refractivity (Wildman–Crippen MR) is 100 cm³/mol. The molecule has 0 spiro atoms. The predicted octanol–water partition coefficient (Wildman–Crippen LogP) is -2.93. The Hall–Kier alpha value is -0.320. The van der Waals surface area contributed by atoms with Gasteiger partial charge in [0.2, 0.25) is 0 Å². The van der Waals surface area contributed by atoms with Gasteiger partial charge in [-0.1, -0.05) is 0 Å². The summed E-state index contributed by atoms with van der Waals surface area (Å²) in [6, 6.07) is 0. The highest BCUT2D eigenvalue weighted by Gasteiger charge is 2.15. The third-order valence-corrected chi connectivity index (χ3v) is 4.50.